The maximum absolute atomic E-state index is 12.5. The number of aryl methyl sites for hydroxylation is 4. The lowest BCUT2D eigenvalue weighted by Crippen LogP contribution is -2.16. The Kier molecular flexibility index (Phi) is 4.55. The van der Waals surface area contributed by atoms with Crippen molar-refractivity contribution in [3.05, 3.63) is 56.1 Å². The van der Waals surface area contributed by atoms with E-state index in [1.807, 2.05) is 39.1 Å². The Bertz CT molecular complexity index is 1280. The first-order chi connectivity index (χ1) is 13.3. The SMILES string of the molecule is Cc1csc(NC(=O)CCc2c(C)c3cc4c(C)c(C)oc4cc3oc2=O)n1. The van der Waals surface area contributed by atoms with Crippen LogP contribution in [0.3, 0.4) is 0 Å². The van der Waals surface area contributed by atoms with Crippen molar-refractivity contribution < 1.29 is 13.6 Å². The Balaban J connectivity index is 1.64. The van der Waals surface area contributed by atoms with E-state index in [2.05, 4.69) is 10.3 Å². The molecule has 0 saturated heterocycles. The first kappa shape index (κ1) is 18.4. The number of nitrogens with one attached hydrogen (secondary N) is 1. The fourth-order valence-corrected chi connectivity index (χ4v) is 4.05. The standard InChI is InChI=1S/C21H20N2O4S/c1-10-9-28-21(22-10)23-19(24)6-5-14-12(3)16-7-15-11(2)13(4)26-17(15)8-18(16)27-20(14)25/h7-9H,5-6H2,1-4H3,(H,22,23,24). The quantitative estimate of drug-likeness (QED) is 0.501. The van der Waals surface area contributed by atoms with E-state index in [4.69, 9.17) is 8.83 Å². The summed E-state index contributed by atoms with van der Waals surface area (Å²) in [5.41, 5.74) is 4.08. The van der Waals surface area contributed by atoms with Crippen molar-refractivity contribution in [3.8, 4) is 0 Å². The molecule has 0 atom stereocenters. The number of aromatic nitrogens is 1. The highest BCUT2D eigenvalue weighted by atomic mass is 32.1. The molecule has 0 saturated carbocycles. The molecule has 3 aromatic heterocycles. The van der Waals surface area contributed by atoms with Crippen molar-refractivity contribution in [1.29, 1.82) is 0 Å². The minimum atomic E-state index is -0.415. The minimum absolute atomic E-state index is 0.176. The molecule has 0 spiro atoms. The van der Waals surface area contributed by atoms with Crippen LogP contribution in [0.4, 0.5) is 5.13 Å². The van der Waals surface area contributed by atoms with Gasteiger partial charge in [0.2, 0.25) is 5.91 Å². The molecule has 4 aromatic rings. The topological polar surface area (TPSA) is 85.3 Å². The van der Waals surface area contributed by atoms with Gasteiger partial charge in [0.05, 0.1) is 5.69 Å². The summed E-state index contributed by atoms with van der Waals surface area (Å²) in [7, 11) is 0. The summed E-state index contributed by atoms with van der Waals surface area (Å²) in [5, 5.41) is 7.07. The molecule has 4 rings (SSSR count). The van der Waals surface area contributed by atoms with Gasteiger partial charge in [-0.05, 0) is 51.3 Å². The number of hydrogen-bond acceptors (Lipinski definition) is 6. The predicted molar refractivity (Wildman–Crippen MR) is 110 cm³/mol. The van der Waals surface area contributed by atoms with Gasteiger partial charge in [-0.15, -0.1) is 11.3 Å². The number of rotatable bonds is 4. The van der Waals surface area contributed by atoms with Gasteiger partial charge < -0.3 is 14.2 Å². The highest BCUT2D eigenvalue weighted by Gasteiger charge is 2.16. The third-order valence-electron chi connectivity index (χ3n) is 5.05. The molecule has 1 aromatic carbocycles. The van der Waals surface area contributed by atoms with Gasteiger partial charge in [0, 0.05) is 34.2 Å². The maximum atomic E-state index is 12.5. The summed E-state index contributed by atoms with van der Waals surface area (Å²) in [6.45, 7) is 7.69. The number of amides is 1. The monoisotopic (exact) mass is 396 g/mol. The van der Waals surface area contributed by atoms with E-state index in [0.29, 0.717) is 28.3 Å². The fourth-order valence-electron chi connectivity index (χ4n) is 3.35. The number of anilines is 1. The lowest BCUT2D eigenvalue weighted by molar-refractivity contribution is -0.116. The molecular weight excluding hydrogens is 376 g/mol. The molecule has 0 unspecified atom stereocenters. The Morgan fingerprint density at radius 2 is 1.79 bits per heavy atom. The van der Waals surface area contributed by atoms with Crippen LogP contribution in [0.25, 0.3) is 21.9 Å². The van der Waals surface area contributed by atoms with E-state index in [1.165, 1.54) is 11.3 Å². The second-order valence-electron chi connectivity index (χ2n) is 6.96. The van der Waals surface area contributed by atoms with Crippen LogP contribution in [0.15, 0.2) is 31.1 Å². The predicted octanol–water partition coefficient (Wildman–Crippen LogP) is 4.80. The minimum Gasteiger partial charge on any atom is -0.461 e. The molecule has 0 aliphatic carbocycles. The van der Waals surface area contributed by atoms with Crippen LogP contribution in [-0.4, -0.2) is 10.9 Å². The number of benzene rings is 1. The summed E-state index contributed by atoms with van der Waals surface area (Å²) in [4.78, 5) is 28.9. The summed E-state index contributed by atoms with van der Waals surface area (Å²) in [6, 6.07) is 3.76. The average molecular weight is 396 g/mol. The van der Waals surface area contributed by atoms with Gasteiger partial charge in [-0.3, -0.25) is 4.79 Å². The van der Waals surface area contributed by atoms with Crippen LogP contribution < -0.4 is 10.9 Å². The molecule has 144 valence electrons. The van der Waals surface area contributed by atoms with Crippen LogP contribution in [0.5, 0.6) is 0 Å². The third kappa shape index (κ3) is 3.22. The van der Waals surface area contributed by atoms with Crippen molar-refractivity contribution >= 4 is 44.3 Å². The normalized spacial score (nSPS) is 11.4. The second kappa shape index (κ2) is 6.91. The molecule has 1 N–H and O–H groups in total. The molecule has 6 nitrogen and oxygen atoms in total. The van der Waals surface area contributed by atoms with Gasteiger partial charge in [0.1, 0.15) is 16.9 Å². The Morgan fingerprint density at radius 3 is 2.50 bits per heavy atom. The van der Waals surface area contributed by atoms with Crippen molar-refractivity contribution in [3.63, 3.8) is 0 Å². The molecule has 1 amide bonds. The Morgan fingerprint density at radius 1 is 1.07 bits per heavy atom. The summed E-state index contributed by atoms with van der Waals surface area (Å²) in [5.74, 6) is 0.671. The van der Waals surface area contributed by atoms with E-state index in [-0.39, 0.29) is 12.3 Å². The van der Waals surface area contributed by atoms with E-state index in [9.17, 15) is 9.59 Å². The average Bonchev–Trinajstić information content (AvgIpc) is 3.16. The van der Waals surface area contributed by atoms with Crippen LogP contribution in [0, 0.1) is 27.7 Å². The molecule has 28 heavy (non-hydrogen) atoms. The summed E-state index contributed by atoms with van der Waals surface area (Å²) < 4.78 is 11.3. The number of furan rings is 1. The lowest BCUT2D eigenvalue weighted by Gasteiger charge is -2.08. The molecule has 0 fully saturated rings. The number of thiazole rings is 1. The first-order valence-corrected chi connectivity index (χ1v) is 9.89. The van der Waals surface area contributed by atoms with E-state index >= 15 is 0 Å². The van der Waals surface area contributed by atoms with Crippen LogP contribution in [0.2, 0.25) is 0 Å². The lowest BCUT2D eigenvalue weighted by atomic mass is 10.0. The summed E-state index contributed by atoms with van der Waals surface area (Å²) >= 11 is 1.38. The van der Waals surface area contributed by atoms with Gasteiger partial charge in [0.15, 0.2) is 5.13 Å². The molecular formula is C21H20N2O4S. The van der Waals surface area contributed by atoms with Crippen molar-refractivity contribution in [2.45, 2.75) is 40.5 Å². The van der Waals surface area contributed by atoms with Crippen molar-refractivity contribution in [2.24, 2.45) is 0 Å². The number of fused-ring (bicyclic) bond motifs is 2. The van der Waals surface area contributed by atoms with Crippen LogP contribution >= 0.6 is 11.3 Å². The van der Waals surface area contributed by atoms with Crippen molar-refractivity contribution in [1.82, 2.24) is 4.98 Å². The highest BCUT2D eigenvalue weighted by molar-refractivity contribution is 7.13. The molecule has 3 heterocycles. The van der Waals surface area contributed by atoms with Crippen LogP contribution in [-0.2, 0) is 11.2 Å². The van der Waals surface area contributed by atoms with Crippen molar-refractivity contribution in [2.75, 3.05) is 5.32 Å². The van der Waals surface area contributed by atoms with Gasteiger partial charge in [-0.25, -0.2) is 9.78 Å². The smallest absolute Gasteiger partial charge is 0.339 e. The Labute approximate surface area is 165 Å². The number of carbonyl (C=O) groups is 1. The van der Waals surface area contributed by atoms with Gasteiger partial charge in [-0.1, -0.05) is 0 Å². The summed E-state index contributed by atoms with van der Waals surface area (Å²) in [6.07, 6.45) is 0.490. The number of hydrogen-bond donors (Lipinski definition) is 1. The van der Waals surface area contributed by atoms with Gasteiger partial charge in [-0.2, -0.15) is 0 Å². The fraction of sp³-hybridized carbons (Fsp3) is 0.286. The molecule has 0 bridgehead atoms. The first-order valence-electron chi connectivity index (χ1n) is 9.01. The molecule has 0 aliphatic heterocycles. The second-order valence-corrected chi connectivity index (χ2v) is 7.82. The number of nitrogens with zero attached hydrogens (tertiary/aromatic N) is 1. The highest BCUT2D eigenvalue weighted by Crippen LogP contribution is 2.31. The molecule has 0 aliphatic rings. The van der Waals surface area contributed by atoms with E-state index in [0.717, 1.165) is 33.4 Å². The zero-order valence-electron chi connectivity index (χ0n) is 16.1. The third-order valence-corrected chi connectivity index (χ3v) is 5.93. The zero-order valence-corrected chi connectivity index (χ0v) is 17.0. The van der Waals surface area contributed by atoms with E-state index in [1.54, 1.807) is 6.07 Å². The number of carbonyl (C=O) groups excluding carboxylic acids is 1. The largest absolute Gasteiger partial charge is 0.461 e. The van der Waals surface area contributed by atoms with Gasteiger partial charge in [0.25, 0.3) is 0 Å². The molecule has 0 radical (unpaired) electrons. The molecule has 7 heteroatoms. The zero-order chi connectivity index (χ0) is 20.0. The maximum Gasteiger partial charge on any atom is 0.339 e. The van der Waals surface area contributed by atoms with Gasteiger partial charge >= 0.3 is 5.63 Å². The Hall–Kier alpha value is -2.93. The van der Waals surface area contributed by atoms with Crippen LogP contribution in [0.1, 0.15) is 34.6 Å². The van der Waals surface area contributed by atoms with E-state index < -0.39 is 5.63 Å².